The summed E-state index contributed by atoms with van der Waals surface area (Å²) < 4.78 is 5.59. The molecular weight excluding hydrogens is 560 g/mol. The number of phenols is 1. The summed E-state index contributed by atoms with van der Waals surface area (Å²) in [5, 5.41) is 23.2. The summed E-state index contributed by atoms with van der Waals surface area (Å²) in [7, 11) is 1.62. The monoisotopic (exact) mass is 602 g/mol. The molecule has 2 aromatic carbocycles. The van der Waals surface area contributed by atoms with Crippen molar-refractivity contribution in [1.29, 1.82) is 0 Å². The van der Waals surface area contributed by atoms with Gasteiger partial charge in [0.25, 0.3) is 0 Å². The first-order valence-corrected chi connectivity index (χ1v) is 15.4. The number of Topliss-reactive ketones (excluding diaryl/α,β-unsaturated/α-hetero) is 5. The maximum absolute atomic E-state index is 14.5. The van der Waals surface area contributed by atoms with Crippen LogP contribution in [0.4, 0.5) is 0 Å². The smallest absolute Gasteiger partial charge is 0.190 e. The van der Waals surface area contributed by atoms with E-state index < -0.39 is 69.0 Å². The summed E-state index contributed by atoms with van der Waals surface area (Å²) in [6, 6.07) is 8.99. The second kappa shape index (κ2) is 10.5. The number of hydrogen-bond acceptors (Lipinski definition) is 8. The van der Waals surface area contributed by atoms with Crippen LogP contribution in [0.2, 0.25) is 0 Å². The van der Waals surface area contributed by atoms with Gasteiger partial charge in [0.15, 0.2) is 28.7 Å². The first-order chi connectivity index (χ1) is 20.4. The number of hydrogen-bond donors (Lipinski definition) is 2. The van der Waals surface area contributed by atoms with Gasteiger partial charge in [-0.25, -0.2) is 0 Å². The number of rotatable bonds is 6. The molecule has 3 aliphatic carbocycles. The van der Waals surface area contributed by atoms with Gasteiger partial charge in [0.1, 0.15) is 23.2 Å². The number of aliphatic hydroxyl groups is 1. The van der Waals surface area contributed by atoms with Gasteiger partial charge in [-0.3, -0.25) is 24.0 Å². The number of methoxy groups -OCH3 is 1. The molecule has 2 N–H and O–H groups in total. The molecule has 6 atom stereocenters. The highest BCUT2D eigenvalue weighted by Crippen LogP contribution is 2.64. The Hall–Kier alpha value is -3.65. The van der Waals surface area contributed by atoms with Crippen molar-refractivity contribution in [2.24, 2.45) is 40.4 Å². The lowest BCUT2D eigenvalue weighted by Gasteiger charge is -2.61. The molecule has 2 fully saturated rings. The van der Waals surface area contributed by atoms with Crippen LogP contribution in [0.3, 0.4) is 0 Å². The van der Waals surface area contributed by atoms with Crippen molar-refractivity contribution in [3.05, 3.63) is 47.0 Å². The maximum atomic E-state index is 14.5. The third kappa shape index (κ3) is 4.24. The van der Waals surface area contributed by atoms with E-state index in [1.54, 1.807) is 40.9 Å². The average molecular weight is 603 g/mol. The molecule has 8 heteroatoms. The third-order valence-electron chi connectivity index (χ3n) is 10.5. The van der Waals surface area contributed by atoms with Gasteiger partial charge in [-0.2, -0.15) is 0 Å². The molecule has 3 unspecified atom stereocenters. The highest BCUT2D eigenvalue weighted by molar-refractivity contribution is 6.32. The Morgan fingerprint density at radius 3 is 2.25 bits per heavy atom. The summed E-state index contributed by atoms with van der Waals surface area (Å²) in [6.45, 7) is 12.2. The highest BCUT2D eigenvalue weighted by Gasteiger charge is 2.76. The van der Waals surface area contributed by atoms with E-state index in [1.807, 2.05) is 18.2 Å². The number of fused-ring (bicyclic) bond motifs is 3. The van der Waals surface area contributed by atoms with Gasteiger partial charge in [-0.05, 0) is 83.9 Å². The van der Waals surface area contributed by atoms with Crippen molar-refractivity contribution in [3.8, 4) is 22.6 Å². The van der Waals surface area contributed by atoms with Crippen LogP contribution >= 0.6 is 0 Å². The van der Waals surface area contributed by atoms with E-state index in [-0.39, 0.29) is 24.2 Å². The largest absolute Gasteiger partial charge is 0.507 e. The zero-order valence-corrected chi connectivity index (χ0v) is 26.7. The van der Waals surface area contributed by atoms with Gasteiger partial charge < -0.3 is 14.9 Å². The molecule has 234 valence electrons. The normalized spacial score (nSPS) is 31.6. The summed E-state index contributed by atoms with van der Waals surface area (Å²) in [4.78, 5) is 68.9. The SMILES string of the molecule is COc1ccc(-c2ccc(O)c3c2C[C@]2(C)C[C@]4(C)C(C(C)C)C(=O)C(C(C)=O)C(=O)[C@]4(O)C(=O)C2C3=O)cc1CC(C)C. The van der Waals surface area contributed by atoms with Crippen molar-refractivity contribution < 1.29 is 38.9 Å². The maximum Gasteiger partial charge on any atom is 0.190 e. The molecule has 8 nitrogen and oxygen atoms in total. The van der Waals surface area contributed by atoms with Crippen molar-refractivity contribution in [2.75, 3.05) is 7.11 Å². The van der Waals surface area contributed by atoms with Gasteiger partial charge >= 0.3 is 0 Å². The van der Waals surface area contributed by atoms with E-state index in [0.29, 0.717) is 11.5 Å². The number of ketones is 5. The van der Waals surface area contributed by atoms with E-state index >= 15 is 0 Å². The van der Waals surface area contributed by atoms with Gasteiger partial charge in [-0.1, -0.05) is 53.7 Å². The number of ether oxygens (including phenoxy) is 1. The lowest BCUT2D eigenvalue weighted by atomic mass is 9.40. The molecule has 2 aromatic rings. The number of carbonyl (C=O) groups excluding carboxylic acids is 5. The minimum absolute atomic E-state index is 0.00498. The average Bonchev–Trinajstić information content (AvgIpc) is 2.90. The van der Waals surface area contributed by atoms with E-state index in [4.69, 9.17) is 4.74 Å². The third-order valence-corrected chi connectivity index (χ3v) is 10.5. The van der Waals surface area contributed by atoms with E-state index in [0.717, 1.165) is 35.8 Å². The van der Waals surface area contributed by atoms with Crippen molar-refractivity contribution in [1.82, 2.24) is 0 Å². The van der Waals surface area contributed by atoms with Crippen LogP contribution in [0.25, 0.3) is 11.1 Å². The second-order valence-corrected chi connectivity index (χ2v) is 14.4. The summed E-state index contributed by atoms with van der Waals surface area (Å²) >= 11 is 0. The van der Waals surface area contributed by atoms with E-state index in [2.05, 4.69) is 13.8 Å². The van der Waals surface area contributed by atoms with Crippen molar-refractivity contribution in [2.45, 2.75) is 73.3 Å². The fourth-order valence-corrected chi connectivity index (χ4v) is 8.95. The van der Waals surface area contributed by atoms with Crippen molar-refractivity contribution >= 4 is 28.9 Å². The Bertz CT molecular complexity index is 1620. The predicted octanol–water partition coefficient (Wildman–Crippen LogP) is 4.97. The molecule has 44 heavy (non-hydrogen) atoms. The number of benzene rings is 2. The summed E-state index contributed by atoms with van der Waals surface area (Å²) in [5.41, 5.74) is -2.23. The minimum Gasteiger partial charge on any atom is -0.507 e. The molecular formula is C36H42O8. The Morgan fingerprint density at radius 1 is 1.02 bits per heavy atom. The van der Waals surface area contributed by atoms with Crippen LogP contribution < -0.4 is 4.74 Å². The molecule has 0 heterocycles. The Kier molecular flexibility index (Phi) is 7.56. The van der Waals surface area contributed by atoms with Crippen molar-refractivity contribution in [3.63, 3.8) is 0 Å². The summed E-state index contributed by atoms with van der Waals surface area (Å²) in [5.74, 6) is -7.89. The number of carbonyl (C=O) groups is 5. The molecule has 0 radical (unpaired) electrons. The highest BCUT2D eigenvalue weighted by atomic mass is 16.5. The van der Waals surface area contributed by atoms with Gasteiger partial charge in [-0.15, -0.1) is 0 Å². The lowest BCUT2D eigenvalue weighted by Crippen LogP contribution is -2.76. The first-order valence-electron chi connectivity index (χ1n) is 15.4. The molecule has 0 spiro atoms. The second-order valence-electron chi connectivity index (χ2n) is 14.4. The van der Waals surface area contributed by atoms with Gasteiger partial charge in [0.2, 0.25) is 0 Å². The quantitative estimate of drug-likeness (QED) is 0.443. The Balaban J connectivity index is 1.72. The molecule has 0 bridgehead atoms. The fraction of sp³-hybridized carbons (Fsp3) is 0.528. The molecule has 3 aliphatic rings. The Morgan fingerprint density at radius 2 is 1.68 bits per heavy atom. The van der Waals surface area contributed by atoms with Crippen LogP contribution in [0.1, 0.15) is 76.4 Å². The Labute approximate surface area is 258 Å². The minimum atomic E-state index is -2.71. The zero-order valence-electron chi connectivity index (χ0n) is 26.7. The predicted molar refractivity (Wildman–Crippen MR) is 163 cm³/mol. The van der Waals surface area contributed by atoms with E-state index in [1.165, 1.54) is 6.07 Å². The molecule has 2 saturated carbocycles. The van der Waals surface area contributed by atoms with Crippen LogP contribution in [0, 0.1) is 40.4 Å². The van der Waals surface area contributed by atoms with E-state index in [9.17, 15) is 34.2 Å². The molecule has 0 aliphatic heterocycles. The topological polar surface area (TPSA) is 135 Å². The van der Waals surface area contributed by atoms with Gasteiger partial charge in [0.05, 0.1) is 18.6 Å². The lowest BCUT2D eigenvalue weighted by molar-refractivity contribution is -0.205. The molecule has 0 saturated heterocycles. The fourth-order valence-electron chi connectivity index (χ4n) is 8.95. The molecule has 0 amide bonds. The van der Waals surface area contributed by atoms with Crippen LogP contribution in [-0.2, 0) is 32.0 Å². The summed E-state index contributed by atoms with van der Waals surface area (Å²) in [6.07, 6.45) is 0.968. The van der Waals surface area contributed by atoms with Crippen LogP contribution in [-0.4, -0.2) is 51.8 Å². The number of phenolic OH excluding ortho intramolecular Hbond substituents is 1. The van der Waals surface area contributed by atoms with Gasteiger partial charge in [0, 0.05) is 11.3 Å². The standard InChI is InChI=1S/C36H42O8/c1-17(2)13-21-14-20(9-12-25(21)44-8)22-10-11-24(38)27-23(22)15-34(6)16-35(7)28(18(3)4)30(39)26(19(5)37)32(41)36(35,43)33(42)29(34)31(27)40/h9-12,14,17-18,26,28-29,38,43H,13,15-16H2,1-8H3/t26?,28?,29?,34-,35-,36+/m1/s1. The zero-order chi connectivity index (χ0) is 32.7. The number of aromatic hydroxyl groups is 1. The van der Waals surface area contributed by atoms with Crippen LogP contribution in [0.5, 0.6) is 11.5 Å². The first kappa shape index (κ1) is 31.8. The molecule has 0 aromatic heterocycles. The van der Waals surface area contributed by atoms with Crippen LogP contribution in [0.15, 0.2) is 30.3 Å². The molecule has 5 rings (SSSR count).